The number of hydrogen-bond donors (Lipinski definition) is 0. The van der Waals surface area contributed by atoms with Gasteiger partial charge in [-0.15, -0.1) is 11.3 Å². The molecule has 118 valence electrons. The lowest BCUT2D eigenvalue weighted by atomic mass is 10.2. The van der Waals surface area contributed by atoms with Crippen LogP contribution in [0.3, 0.4) is 0 Å². The summed E-state index contributed by atoms with van der Waals surface area (Å²) in [6.07, 6.45) is 0. The van der Waals surface area contributed by atoms with E-state index in [1.165, 1.54) is 0 Å². The minimum Gasteiger partial charge on any atom is -0.304 e. The summed E-state index contributed by atoms with van der Waals surface area (Å²) in [5.74, 6) is 0. The molecule has 1 aliphatic heterocycles. The number of aromatic nitrogens is 1. The van der Waals surface area contributed by atoms with Gasteiger partial charge in [-0.2, -0.15) is 0 Å². The molecule has 0 bridgehead atoms. The molecule has 0 amide bonds. The van der Waals surface area contributed by atoms with Gasteiger partial charge >= 0.3 is 0 Å². The predicted molar refractivity (Wildman–Crippen MR) is 95.4 cm³/mol. The molecule has 0 unspecified atom stereocenters. The van der Waals surface area contributed by atoms with Gasteiger partial charge in [-0.05, 0) is 19.2 Å². The summed E-state index contributed by atoms with van der Waals surface area (Å²) in [4.78, 5) is 9.46. The zero-order chi connectivity index (χ0) is 15.7. The topological polar surface area (TPSA) is 19.4 Å². The van der Waals surface area contributed by atoms with Crippen LogP contribution in [0.15, 0.2) is 17.5 Å². The van der Waals surface area contributed by atoms with Gasteiger partial charge in [0.05, 0.1) is 15.7 Å². The molecule has 0 N–H and O–H groups in total. The molecule has 0 atom stereocenters. The minimum atomic E-state index is 0.458. The number of piperazine rings is 1. The van der Waals surface area contributed by atoms with Crippen molar-refractivity contribution in [1.29, 1.82) is 0 Å². The van der Waals surface area contributed by atoms with E-state index in [0.29, 0.717) is 15.1 Å². The summed E-state index contributed by atoms with van der Waals surface area (Å²) in [5.41, 5.74) is 1.87. The first-order chi connectivity index (χ1) is 10.5. The first-order valence-corrected chi connectivity index (χ1v) is 9.04. The van der Waals surface area contributed by atoms with Gasteiger partial charge < -0.3 is 4.90 Å². The fourth-order valence-electron chi connectivity index (χ4n) is 2.45. The highest BCUT2D eigenvalue weighted by molar-refractivity contribution is 7.13. The summed E-state index contributed by atoms with van der Waals surface area (Å²) in [6, 6.07) is 3.46. The summed E-state index contributed by atoms with van der Waals surface area (Å²) < 4.78 is 0. The van der Waals surface area contributed by atoms with Crippen molar-refractivity contribution < 1.29 is 0 Å². The lowest BCUT2D eigenvalue weighted by Crippen LogP contribution is -2.43. The van der Waals surface area contributed by atoms with Gasteiger partial charge in [0.25, 0.3) is 0 Å². The largest absolute Gasteiger partial charge is 0.304 e. The van der Waals surface area contributed by atoms with Crippen LogP contribution in [0.2, 0.25) is 15.1 Å². The van der Waals surface area contributed by atoms with Crippen LogP contribution in [0.4, 0.5) is 0 Å². The Hall–Kier alpha value is -0.360. The number of likely N-dealkylation sites (N-methyl/N-ethyl adjacent to an activating group) is 1. The fraction of sp³-hybridized carbons (Fsp3) is 0.400. The number of rotatable bonds is 3. The van der Waals surface area contributed by atoms with Gasteiger partial charge in [-0.3, -0.25) is 4.90 Å². The first-order valence-electron chi connectivity index (χ1n) is 7.03. The molecule has 0 radical (unpaired) electrons. The highest BCUT2D eigenvalue weighted by Crippen LogP contribution is 2.37. The molecule has 2 aromatic rings. The van der Waals surface area contributed by atoms with Crippen molar-refractivity contribution in [3.63, 3.8) is 0 Å². The number of thiazole rings is 1. The van der Waals surface area contributed by atoms with Crippen LogP contribution in [0.5, 0.6) is 0 Å². The van der Waals surface area contributed by atoms with Crippen molar-refractivity contribution in [2.45, 2.75) is 6.54 Å². The van der Waals surface area contributed by atoms with Crippen molar-refractivity contribution in [2.75, 3.05) is 33.2 Å². The van der Waals surface area contributed by atoms with Crippen LogP contribution in [0.1, 0.15) is 5.69 Å². The molecule has 3 rings (SSSR count). The van der Waals surface area contributed by atoms with Crippen LogP contribution in [-0.4, -0.2) is 48.0 Å². The van der Waals surface area contributed by atoms with Gasteiger partial charge in [-0.25, -0.2) is 4.98 Å². The Morgan fingerprint density at radius 2 is 1.86 bits per heavy atom. The maximum Gasteiger partial charge on any atom is 0.125 e. The molecular weight excluding hydrogens is 361 g/mol. The molecule has 1 aromatic carbocycles. The SMILES string of the molecule is CN1CCN(Cc2csc(-c3cc(Cl)cc(Cl)c3Cl)n2)CC1. The Labute approximate surface area is 149 Å². The van der Waals surface area contributed by atoms with E-state index < -0.39 is 0 Å². The Kier molecular flexibility index (Phi) is 5.28. The van der Waals surface area contributed by atoms with Crippen LogP contribution in [-0.2, 0) is 6.54 Å². The van der Waals surface area contributed by atoms with Gasteiger partial charge in [-0.1, -0.05) is 34.8 Å². The molecule has 0 spiro atoms. The van der Waals surface area contributed by atoms with E-state index >= 15 is 0 Å². The zero-order valence-electron chi connectivity index (χ0n) is 12.2. The molecule has 1 saturated heterocycles. The monoisotopic (exact) mass is 375 g/mol. The number of nitrogens with zero attached hydrogens (tertiary/aromatic N) is 3. The lowest BCUT2D eigenvalue weighted by Gasteiger charge is -2.31. The molecule has 0 aliphatic carbocycles. The number of benzene rings is 1. The molecule has 0 saturated carbocycles. The lowest BCUT2D eigenvalue weighted by molar-refractivity contribution is 0.147. The average molecular weight is 377 g/mol. The quantitative estimate of drug-likeness (QED) is 0.734. The van der Waals surface area contributed by atoms with E-state index in [1.54, 1.807) is 17.4 Å². The molecule has 1 fully saturated rings. The highest BCUT2D eigenvalue weighted by atomic mass is 35.5. The Bertz CT molecular complexity index is 666. The van der Waals surface area contributed by atoms with Crippen molar-refractivity contribution in [1.82, 2.24) is 14.8 Å². The zero-order valence-corrected chi connectivity index (χ0v) is 15.2. The third-order valence-electron chi connectivity index (χ3n) is 3.76. The van der Waals surface area contributed by atoms with E-state index in [-0.39, 0.29) is 0 Å². The summed E-state index contributed by atoms with van der Waals surface area (Å²) >= 11 is 20.0. The summed E-state index contributed by atoms with van der Waals surface area (Å²) in [5, 5.41) is 4.48. The molecule has 7 heteroatoms. The normalized spacial score (nSPS) is 17.1. The molecule has 1 aromatic heterocycles. The van der Waals surface area contributed by atoms with E-state index in [2.05, 4.69) is 22.2 Å². The Morgan fingerprint density at radius 3 is 2.59 bits per heavy atom. The molecule has 1 aliphatic rings. The average Bonchev–Trinajstić information content (AvgIpc) is 2.93. The minimum absolute atomic E-state index is 0.458. The third kappa shape index (κ3) is 3.75. The van der Waals surface area contributed by atoms with Crippen molar-refractivity contribution in [3.8, 4) is 10.6 Å². The second-order valence-corrected chi connectivity index (χ2v) is 7.55. The predicted octanol–water partition coefficient (Wildman–Crippen LogP) is 4.52. The Balaban J connectivity index is 1.77. The second-order valence-electron chi connectivity index (χ2n) is 5.47. The maximum absolute atomic E-state index is 6.28. The van der Waals surface area contributed by atoms with Gasteiger partial charge in [0, 0.05) is 48.7 Å². The van der Waals surface area contributed by atoms with Crippen LogP contribution in [0.25, 0.3) is 10.6 Å². The summed E-state index contributed by atoms with van der Waals surface area (Å²) in [6.45, 7) is 5.23. The van der Waals surface area contributed by atoms with Crippen LogP contribution >= 0.6 is 46.1 Å². The fourth-order valence-corrected chi connectivity index (χ4v) is 4.03. The summed E-state index contributed by atoms with van der Waals surface area (Å²) in [7, 11) is 2.16. The Morgan fingerprint density at radius 1 is 1.14 bits per heavy atom. The van der Waals surface area contributed by atoms with Gasteiger partial charge in [0.15, 0.2) is 0 Å². The van der Waals surface area contributed by atoms with E-state index in [4.69, 9.17) is 39.8 Å². The van der Waals surface area contributed by atoms with Crippen LogP contribution < -0.4 is 0 Å². The van der Waals surface area contributed by atoms with Gasteiger partial charge in [0.2, 0.25) is 0 Å². The molecule has 2 heterocycles. The highest BCUT2D eigenvalue weighted by Gasteiger charge is 2.17. The third-order valence-corrected chi connectivity index (χ3v) is 5.70. The van der Waals surface area contributed by atoms with E-state index in [1.807, 2.05) is 6.07 Å². The molecular formula is C15H16Cl3N3S. The van der Waals surface area contributed by atoms with Crippen molar-refractivity contribution in [3.05, 3.63) is 38.3 Å². The van der Waals surface area contributed by atoms with Crippen molar-refractivity contribution >= 4 is 46.1 Å². The van der Waals surface area contributed by atoms with E-state index in [9.17, 15) is 0 Å². The second kappa shape index (κ2) is 7.04. The number of halogens is 3. The first kappa shape index (κ1) is 16.5. The van der Waals surface area contributed by atoms with E-state index in [0.717, 1.165) is 49.0 Å². The van der Waals surface area contributed by atoms with Crippen molar-refractivity contribution in [2.24, 2.45) is 0 Å². The maximum atomic E-state index is 6.28. The smallest absolute Gasteiger partial charge is 0.125 e. The molecule has 22 heavy (non-hydrogen) atoms. The molecule has 3 nitrogen and oxygen atoms in total. The number of hydrogen-bond acceptors (Lipinski definition) is 4. The standard InChI is InChI=1S/C15H16Cl3N3S/c1-20-2-4-21(5-3-20)8-11-9-22-15(19-11)12-6-10(16)7-13(17)14(12)18/h6-7,9H,2-5,8H2,1H3. The van der Waals surface area contributed by atoms with Gasteiger partial charge in [0.1, 0.15) is 5.01 Å². The van der Waals surface area contributed by atoms with Crippen LogP contribution in [0, 0.1) is 0 Å².